The van der Waals surface area contributed by atoms with Crippen LogP contribution in [0, 0.1) is 17.0 Å². The second-order valence-electron chi connectivity index (χ2n) is 3.31. The standard InChI is InChI=1S/C9H10ClNO4S/c1-3-7-8(11(12)13)4-6(2)5-9(7)16(10,14)15/h4-5H,3H2,1-2H3. The number of nitro benzene ring substituents is 1. The monoisotopic (exact) mass is 263 g/mol. The number of benzene rings is 1. The molecule has 1 aromatic rings. The molecule has 0 aliphatic heterocycles. The lowest BCUT2D eigenvalue weighted by Gasteiger charge is -2.06. The molecule has 0 aliphatic carbocycles. The molecule has 0 radical (unpaired) electrons. The zero-order chi connectivity index (χ0) is 12.5. The lowest BCUT2D eigenvalue weighted by Crippen LogP contribution is -2.03. The Morgan fingerprint density at radius 2 is 2.00 bits per heavy atom. The molecule has 88 valence electrons. The first-order valence-electron chi connectivity index (χ1n) is 4.50. The van der Waals surface area contributed by atoms with Crippen LogP contribution in [0.5, 0.6) is 0 Å². The van der Waals surface area contributed by atoms with Crippen molar-refractivity contribution < 1.29 is 13.3 Å². The van der Waals surface area contributed by atoms with E-state index < -0.39 is 14.0 Å². The van der Waals surface area contributed by atoms with E-state index in [4.69, 9.17) is 10.7 Å². The fourth-order valence-electron chi connectivity index (χ4n) is 1.50. The minimum Gasteiger partial charge on any atom is -0.258 e. The minimum absolute atomic E-state index is 0.144. The zero-order valence-corrected chi connectivity index (χ0v) is 10.3. The van der Waals surface area contributed by atoms with Crippen LogP contribution in [0.3, 0.4) is 0 Å². The average molecular weight is 264 g/mol. The summed E-state index contributed by atoms with van der Waals surface area (Å²) in [5, 5.41) is 10.8. The molecule has 0 atom stereocenters. The summed E-state index contributed by atoms with van der Waals surface area (Å²) in [5.74, 6) is 0. The summed E-state index contributed by atoms with van der Waals surface area (Å²) in [5.41, 5.74) is 0.426. The molecule has 7 heteroatoms. The molecular weight excluding hydrogens is 254 g/mol. The molecule has 0 heterocycles. The summed E-state index contributed by atoms with van der Waals surface area (Å²) in [6.07, 6.45) is 0.234. The van der Waals surface area contributed by atoms with E-state index in [1.165, 1.54) is 12.1 Å². The van der Waals surface area contributed by atoms with Gasteiger partial charge >= 0.3 is 0 Å². The lowest BCUT2D eigenvalue weighted by atomic mass is 10.1. The first-order chi connectivity index (χ1) is 7.27. The molecule has 0 saturated carbocycles. The van der Waals surface area contributed by atoms with E-state index >= 15 is 0 Å². The van der Waals surface area contributed by atoms with Gasteiger partial charge < -0.3 is 0 Å². The van der Waals surface area contributed by atoms with Crippen LogP contribution < -0.4 is 0 Å². The largest absolute Gasteiger partial charge is 0.274 e. The fourth-order valence-corrected chi connectivity index (χ4v) is 2.78. The van der Waals surface area contributed by atoms with E-state index in [1.54, 1.807) is 13.8 Å². The highest BCUT2D eigenvalue weighted by molar-refractivity contribution is 8.13. The van der Waals surface area contributed by atoms with Crippen molar-refractivity contribution >= 4 is 25.4 Å². The lowest BCUT2D eigenvalue weighted by molar-refractivity contribution is -0.385. The van der Waals surface area contributed by atoms with E-state index in [-0.39, 0.29) is 22.6 Å². The molecule has 5 nitrogen and oxygen atoms in total. The van der Waals surface area contributed by atoms with Gasteiger partial charge in [0.15, 0.2) is 0 Å². The Labute approximate surface area is 97.6 Å². The number of hydrogen-bond donors (Lipinski definition) is 0. The first-order valence-corrected chi connectivity index (χ1v) is 6.81. The Morgan fingerprint density at radius 3 is 2.38 bits per heavy atom. The Morgan fingerprint density at radius 1 is 1.44 bits per heavy atom. The number of nitro groups is 1. The molecule has 0 fully saturated rings. The van der Waals surface area contributed by atoms with Gasteiger partial charge in [-0.3, -0.25) is 10.1 Å². The van der Waals surface area contributed by atoms with Crippen LogP contribution in [0.25, 0.3) is 0 Å². The van der Waals surface area contributed by atoms with Crippen LogP contribution in [0.1, 0.15) is 18.1 Å². The predicted octanol–water partition coefficient (Wildman–Crippen LogP) is 2.39. The molecule has 0 saturated heterocycles. The predicted molar refractivity (Wildman–Crippen MR) is 60.3 cm³/mol. The first kappa shape index (κ1) is 12.9. The van der Waals surface area contributed by atoms with Crippen molar-refractivity contribution in [1.29, 1.82) is 0 Å². The minimum atomic E-state index is -3.96. The van der Waals surface area contributed by atoms with Gasteiger partial charge in [0.2, 0.25) is 0 Å². The van der Waals surface area contributed by atoms with Crippen LogP contribution in [-0.4, -0.2) is 13.3 Å². The summed E-state index contributed by atoms with van der Waals surface area (Å²) >= 11 is 0. The van der Waals surface area contributed by atoms with Crippen LogP contribution in [0.2, 0.25) is 0 Å². The zero-order valence-electron chi connectivity index (χ0n) is 8.73. The van der Waals surface area contributed by atoms with Gasteiger partial charge in [-0.25, -0.2) is 8.42 Å². The highest BCUT2D eigenvalue weighted by Crippen LogP contribution is 2.30. The summed E-state index contributed by atoms with van der Waals surface area (Å²) in [7, 11) is 1.28. The number of halogens is 1. The average Bonchev–Trinajstić information content (AvgIpc) is 2.14. The molecule has 0 aliphatic rings. The Bertz CT molecular complexity index is 539. The maximum atomic E-state index is 11.3. The summed E-state index contributed by atoms with van der Waals surface area (Å²) in [6.45, 7) is 3.22. The molecule has 0 bridgehead atoms. The normalized spacial score (nSPS) is 11.4. The van der Waals surface area contributed by atoms with Gasteiger partial charge in [-0.05, 0) is 25.0 Å². The molecule has 16 heavy (non-hydrogen) atoms. The highest BCUT2D eigenvalue weighted by atomic mass is 35.7. The van der Waals surface area contributed by atoms with Crippen molar-refractivity contribution in [3.8, 4) is 0 Å². The van der Waals surface area contributed by atoms with Gasteiger partial charge in [0.25, 0.3) is 14.7 Å². The van der Waals surface area contributed by atoms with Crippen molar-refractivity contribution in [2.24, 2.45) is 0 Å². The Balaban J connectivity index is 3.68. The molecule has 0 N–H and O–H groups in total. The quantitative estimate of drug-likeness (QED) is 0.477. The highest BCUT2D eigenvalue weighted by Gasteiger charge is 2.23. The van der Waals surface area contributed by atoms with Gasteiger partial charge in [0.1, 0.15) is 0 Å². The maximum absolute atomic E-state index is 11.3. The Hall–Kier alpha value is -1.14. The number of hydrogen-bond acceptors (Lipinski definition) is 4. The van der Waals surface area contributed by atoms with Crippen LogP contribution >= 0.6 is 10.7 Å². The van der Waals surface area contributed by atoms with E-state index in [0.29, 0.717) is 5.56 Å². The van der Waals surface area contributed by atoms with Crippen LogP contribution in [0.15, 0.2) is 17.0 Å². The smallest absolute Gasteiger partial charge is 0.258 e. The molecule has 0 aromatic heterocycles. The molecule has 1 aromatic carbocycles. The van der Waals surface area contributed by atoms with E-state index in [0.717, 1.165) is 0 Å². The second-order valence-corrected chi connectivity index (χ2v) is 5.84. The van der Waals surface area contributed by atoms with E-state index in [2.05, 4.69) is 0 Å². The van der Waals surface area contributed by atoms with Crippen molar-refractivity contribution in [1.82, 2.24) is 0 Å². The molecule has 0 unspecified atom stereocenters. The third kappa shape index (κ3) is 2.51. The third-order valence-electron chi connectivity index (χ3n) is 2.14. The van der Waals surface area contributed by atoms with Gasteiger partial charge in [-0.2, -0.15) is 0 Å². The van der Waals surface area contributed by atoms with Gasteiger partial charge in [0.05, 0.1) is 9.82 Å². The van der Waals surface area contributed by atoms with E-state index in [1.807, 2.05) is 0 Å². The molecule has 0 amide bonds. The summed E-state index contributed by atoms with van der Waals surface area (Å²) < 4.78 is 22.6. The van der Waals surface area contributed by atoms with E-state index in [9.17, 15) is 18.5 Å². The SMILES string of the molecule is CCc1c([N+](=O)[O-])cc(C)cc1S(=O)(=O)Cl. The summed E-state index contributed by atoms with van der Waals surface area (Å²) in [6, 6.07) is 2.68. The number of aryl methyl sites for hydroxylation is 1. The molecule has 1 rings (SSSR count). The summed E-state index contributed by atoms with van der Waals surface area (Å²) in [4.78, 5) is 10.0. The van der Waals surface area contributed by atoms with Crippen LogP contribution in [0.4, 0.5) is 5.69 Å². The van der Waals surface area contributed by atoms with Crippen LogP contribution in [-0.2, 0) is 15.5 Å². The molecule has 0 spiro atoms. The molecular formula is C9H10ClNO4S. The maximum Gasteiger partial charge on any atom is 0.274 e. The Kier molecular flexibility index (Phi) is 3.54. The van der Waals surface area contributed by atoms with Gasteiger partial charge in [-0.15, -0.1) is 0 Å². The van der Waals surface area contributed by atoms with Crippen molar-refractivity contribution in [2.45, 2.75) is 25.2 Å². The van der Waals surface area contributed by atoms with Crippen molar-refractivity contribution in [3.63, 3.8) is 0 Å². The van der Waals surface area contributed by atoms with Crippen molar-refractivity contribution in [3.05, 3.63) is 33.4 Å². The fraction of sp³-hybridized carbons (Fsp3) is 0.333. The number of rotatable bonds is 3. The van der Waals surface area contributed by atoms with Gasteiger partial charge in [-0.1, -0.05) is 6.92 Å². The topological polar surface area (TPSA) is 77.3 Å². The second kappa shape index (κ2) is 4.39. The third-order valence-corrected chi connectivity index (χ3v) is 3.53. The number of nitrogens with zero attached hydrogens (tertiary/aromatic N) is 1. The van der Waals surface area contributed by atoms with Gasteiger partial charge in [0, 0.05) is 22.3 Å². The van der Waals surface area contributed by atoms with Crippen molar-refractivity contribution in [2.75, 3.05) is 0 Å².